The molecule has 0 saturated carbocycles. The van der Waals surface area contributed by atoms with Gasteiger partial charge in [-0.2, -0.15) is 0 Å². The van der Waals surface area contributed by atoms with E-state index in [1.807, 2.05) is 19.1 Å². The first-order valence-electron chi connectivity index (χ1n) is 9.55. The van der Waals surface area contributed by atoms with Crippen molar-refractivity contribution >= 4 is 38.9 Å². The van der Waals surface area contributed by atoms with Crippen LogP contribution in [0.2, 0.25) is 0 Å². The Hall–Kier alpha value is -4.05. The molecule has 32 heavy (non-hydrogen) atoms. The van der Waals surface area contributed by atoms with Crippen molar-refractivity contribution in [3.63, 3.8) is 0 Å². The molecule has 0 aliphatic carbocycles. The van der Waals surface area contributed by atoms with Crippen LogP contribution in [-0.4, -0.2) is 23.4 Å². The molecule has 0 fully saturated rings. The molecule has 0 aliphatic heterocycles. The van der Waals surface area contributed by atoms with Crippen LogP contribution in [0.5, 0.6) is 0 Å². The third-order valence-corrected chi connectivity index (χ3v) is 5.77. The molecule has 4 rings (SSSR count). The predicted molar refractivity (Wildman–Crippen MR) is 121 cm³/mol. The number of benzene rings is 2. The maximum Gasteiger partial charge on any atom is 0.261 e. The van der Waals surface area contributed by atoms with Gasteiger partial charge in [0.15, 0.2) is 0 Å². The number of sulfonamides is 1. The minimum atomic E-state index is -3.81. The Kier molecular flexibility index (Phi) is 5.95. The second-order valence-corrected chi connectivity index (χ2v) is 8.58. The van der Waals surface area contributed by atoms with Crippen molar-refractivity contribution in [2.75, 3.05) is 15.4 Å². The van der Waals surface area contributed by atoms with E-state index < -0.39 is 15.8 Å². The average Bonchev–Trinajstić information content (AvgIpc) is 2.76. The fraction of sp³-hybridized carbons (Fsp3) is 0.0455. The summed E-state index contributed by atoms with van der Waals surface area (Å²) in [6.45, 7) is 1.98. The minimum absolute atomic E-state index is 0.0229. The fourth-order valence-corrected chi connectivity index (χ4v) is 3.89. The van der Waals surface area contributed by atoms with E-state index in [1.165, 1.54) is 18.5 Å². The van der Waals surface area contributed by atoms with Gasteiger partial charge in [0.05, 0.1) is 4.90 Å². The highest BCUT2D eigenvalue weighted by atomic mass is 32.2. The molecule has 0 spiro atoms. The number of hydrogen-bond acceptors (Lipinski definition) is 7. The van der Waals surface area contributed by atoms with Crippen LogP contribution in [0, 0.1) is 12.7 Å². The van der Waals surface area contributed by atoms with Gasteiger partial charge in [-0.05, 0) is 73.2 Å². The van der Waals surface area contributed by atoms with Crippen LogP contribution in [0.4, 0.5) is 33.2 Å². The highest BCUT2D eigenvalue weighted by Gasteiger charge is 2.14. The number of pyridine rings is 1. The van der Waals surface area contributed by atoms with Crippen molar-refractivity contribution in [1.82, 2.24) is 15.0 Å². The SMILES string of the molecule is Cc1ccnc(Nc2cc(Nc3ccc(NS(=O)(=O)c4ccc(F)cc4)cc3)ncn2)c1. The molecule has 0 radical (unpaired) electrons. The summed E-state index contributed by atoms with van der Waals surface area (Å²) in [6.07, 6.45) is 3.13. The zero-order valence-electron chi connectivity index (χ0n) is 16.9. The summed E-state index contributed by atoms with van der Waals surface area (Å²) in [5.41, 5.74) is 2.15. The van der Waals surface area contributed by atoms with Crippen LogP contribution >= 0.6 is 0 Å². The topological polar surface area (TPSA) is 109 Å². The van der Waals surface area contributed by atoms with Crippen LogP contribution in [0.3, 0.4) is 0 Å². The molecule has 0 bridgehead atoms. The average molecular weight is 450 g/mol. The van der Waals surface area contributed by atoms with E-state index >= 15 is 0 Å². The van der Waals surface area contributed by atoms with Gasteiger partial charge in [-0.25, -0.2) is 27.8 Å². The van der Waals surface area contributed by atoms with E-state index in [2.05, 4.69) is 30.3 Å². The third-order valence-electron chi connectivity index (χ3n) is 4.37. The van der Waals surface area contributed by atoms with E-state index in [0.717, 1.165) is 17.7 Å². The Bertz CT molecular complexity index is 1330. The number of aryl methyl sites for hydroxylation is 1. The molecule has 0 aliphatic rings. The molecule has 8 nitrogen and oxygen atoms in total. The zero-order valence-corrected chi connectivity index (χ0v) is 17.8. The molecule has 10 heteroatoms. The molecule has 2 heterocycles. The summed E-state index contributed by atoms with van der Waals surface area (Å²) in [5, 5.41) is 6.26. The van der Waals surface area contributed by atoms with Crippen molar-refractivity contribution < 1.29 is 12.8 Å². The lowest BCUT2D eigenvalue weighted by atomic mass is 10.3. The Morgan fingerprint density at radius 1 is 0.750 bits per heavy atom. The molecule has 0 amide bonds. The van der Waals surface area contributed by atoms with Gasteiger partial charge in [-0.1, -0.05) is 0 Å². The molecule has 4 aromatic rings. The molecule has 3 N–H and O–H groups in total. The fourth-order valence-electron chi connectivity index (χ4n) is 2.83. The Morgan fingerprint density at radius 3 is 2.06 bits per heavy atom. The van der Waals surface area contributed by atoms with Gasteiger partial charge in [0, 0.05) is 23.6 Å². The largest absolute Gasteiger partial charge is 0.340 e. The van der Waals surface area contributed by atoms with Gasteiger partial charge >= 0.3 is 0 Å². The lowest BCUT2D eigenvalue weighted by Crippen LogP contribution is -2.12. The first kappa shape index (κ1) is 21.2. The summed E-state index contributed by atoms with van der Waals surface area (Å²) in [4.78, 5) is 12.6. The first-order chi connectivity index (χ1) is 15.4. The smallest absolute Gasteiger partial charge is 0.261 e. The molecule has 0 saturated heterocycles. The van der Waals surface area contributed by atoms with Crippen molar-refractivity contribution in [3.8, 4) is 0 Å². The van der Waals surface area contributed by atoms with Gasteiger partial charge < -0.3 is 10.6 Å². The molecular formula is C22H19FN6O2S. The van der Waals surface area contributed by atoms with Crippen LogP contribution in [-0.2, 0) is 10.0 Å². The van der Waals surface area contributed by atoms with Gasteiger partial charge in [-0.3, -0.25) is 4.72 Å². The van der Waals surface area contributed by atoms with Gasteiger partial charge in [-0.15, -0.1) is 0 Å². The van der Waals surface area contributed by atoms with Crippen molar-refractivity contribution in [2.24, 2.45) is 0 Å². The molecule has 162 valence electrons. The van der Waals surface area contributed by atoms with Gasteiger partial charge in [0.25, 0.3) is 10.0 Å². The number of nitrogens with one attached hydrogen (secondary N) is 3. The summed E-state index contributed by atoms with van der Waals surface area (Å²) >= 11 is 0. The van der Waals surface area contributed by atoms with Gasteiger partial charge in [0.1, 0.15) is 29.6 Å². The van der Waals surface area contributed by atoms with E-state index in [0.29, 0.717) is 28.8 Å². The maximum atomic E-state index is 13.0. The number of rotatable bonds is 7. The predicted octanol–water partition coefficient (Wildman–Crippen LogP) is 4.61. The van der Waals surface area contributed by atoms with E-state index in [9.17, 15) is 12.8 Å². The number of aromatic nitrogens is 3. The van der Waals surface area contributed by atoms with E-state index in [-0.39, 0.29) is 4.90 Å². The molecule has 0 unspecified atom stereocenters. The van der Waals surface area contributed by atoms with Crippen LogP contribution in [0.1, 0.15) is 5.56 Å². The molecule has 2 aromatic heterocycles. The first-order valence-corrected chi connectivity index (χ1v) is 11.0. The molecular weight excluding hydrogens is 431 g/mol. The monoisotopic (exact) mass is 450 g/mol. The highest BCUT2D eigenvalue weighted by molar-refractivity contribution is 7.92. The van der Waals surface area contributed by atoms with E-state index in [4.69, 9.17) is 0 Å². The highest BCUT2D eigenvalue weighted by Crippen LogP contribution is 2.22. The van der Waals surface area contributed by atoms with Crippen molar-refractivity contribution in [1.29, 1.82) is 0 Å². The Morgan fingerprint density at radius 2 is 1.38 bits per heavy atom. The van der Waals surface area contributed by atoms with Crippen molar-refractivity contribution in [2.45, 2.75) is 11.8 Å². The summed E-state index contributed by atoms with van der Waals surface area (Å²) in [6, 6.07) is 16.8. The second-order valence-electron chi connectivity index (χ2n) is 6.89. The third kappa shape index (κ3) is 5.35. The number of hydrogen-bond donors (Lipinski definition) is 3. The standard InChI is InChI=1S/C22H19FN6O2S/c1-15-10-11-24-20(12-15)28-22-13-21(25-14-26-22)27-17-4-6-18(7-5-17)29-32(30,31)19-8-2-16(23)3-9-19/h2-14,29H,1H3,(H2,24,25,26,27,28). The van der Waals surface area contributed by atoms with Crippen LogP contribution in [0.25, 0.3) is 0 Å². The summed E-state index contributed by atoms with van der Waals surface area (Å²) < 4.78 is 40.3. The van der Waals surface area contributed by atoms with Crippen LogP contribution in [0.15, 0.2) is 84.1 Å². The Balaban J connectivity index is 1.43. The van der Waals surface area contributed by atoms with Gasteiger partial charge in [0.2, 0.25) is 0 Å². The second kappa shape index (κ2) is 8.98. The Labute approximate surface area is 184 Å². The lowest BCUT2D eigenvalue weighted by molar-refractivity contribution is 0.599. The summed E-state index contributed by atoms with van der Waals surface area (Å²) in [5.74, 6) is 1.30. The maximum absolute atomic E-state index is 13.0. The number of halogens is 1. The molecule has 2 aromatic carbocycles. The normalized spacial score (nSPS) is 11.1. The minimum Gasteiger partial charge on any atom is -0.340 e. The number of nitrogens with zero attached hydrogens (tertiary/aromatic N) is 3. The zero-order chi connectivity index (χ0) is 22.6. The van der Waals surface area contributed by atoms with E-state index in [1.54, 1.807) is 36.5 Å². The quantitative estimate of drug-likeness (QED) is 0.377. The van der Waals surface area contributed by atoms with Crippen molar-refractivity contribution in [3.05, 3.63) is 90.6 Å². The molecule has 0 atom stereocenters. The lowest BCUT2D eigenvalue weighted by Gasteiger charge is -2.11. The van der Waals surface area contributed by atoms with Crippen LogP contribution < -0.4 is 15.4 Å². The number of anilines is 5. The summed E-state index contributed by atoms with van der Waals surface area (Å²) in [7, 11) is -3.81.